The molecule has 0 aromatic rings. The van der Waals surface area contributed by atoms with Gasteiger partial charge in [0.1, 0.15) is 6.61 Å². The van der Waals surface area contributed by atoms with Gasteiger partial charge >= 0.3 is 0 Å². The monoisotopic (exact) mass is 381 g/mol. The number of halogens is 3. The number of rotatable bonds is 2. The minimum Gasteiger partial charge on any atom is -0.390 e. The van der Waals surface area contributed by atoms with Gasteiger partial charge in [0.15, 0.2) is 6.67 Å². The Morgan fingerprint density at radius 1 is 1.38 bits per heavy atom. The van der Waals surface area contributed by atoms with E-state index in [1.165, 1.54) is 0 Å². The van der Waals surface area contributed by atoms with Crippen molar-refractivity contribution in [1.29, 1.82) is 0 Å². The smallest absolute Gasteiger partial charge is 0.298 e. The first-order valence-electron chi connectivity index (χ1n) is 1.67. The third kappa shape index (κ3) is 2.96. The van der Waals surface area contributed by atoms with Gasteiger partial charge in [-0.05, 0) is 0 Å². The molecule has 0 atom stereocenters. The van der Waals surface area contributed by atoms with Crippen LogP contribution in [0.15, 0.2) is 0 Å². The molecule has 1 N–H and O–H groups in total. The third-order valence-electron chi connectivity index (χ3n) is 0.427. The van der Waals surface area contributed by atoms with Crippen molar-refractivity contribution in [2.24, 2.45) is 0 Å². The number of hydrogen-bond acceptors (Lipinski definition) is 1. The summed E-state index contributed by atoms with van der Waals surface area (Å²) >= 11 is 0. The van der Waals surface area contributed by atoms with Gasteiger partial charge in [0, 0.05) is 0 Å². The van der Waals surface area contributed by atoms with E-state index in [4.69, 9.17) is 5.11 Å². The summed E-state index contributed by atoms with van der Waals surface area (Å²) in [5, 5.41) is 7.60. The molecule has 0 saturated heterocycles. The zero-order valence-corrected chi connectivity index (χ0v) is 10.6. The van der Waals surface area contributed by atoms with E-state index in [9.17, 15) is 13.2 Å². The Labute approximate surface area is 38.8 Å². The van der Waals surface area contributed by atoms with E-state index in [0.717, 1.165) is 0 Å². The normalized spacial score (nSPS) is 10.5. The van der Waals surface area contributed by atoms with Gasteiger partial charge in [-0.15, -0.1) is 0 Å². The molecule has 0 aliphatic heterocycles. The van der Waals surface area contributed by atoms with Crippen molar-refractivity contribution in [3.63, 3.8) is 0 Å². The van der Waals surface area contributed by atoms with Gasteiger partial charge in [-0.2, -0.15) is 0 Å². The van der Waals surface area contributed by atoms with Crippen LogP contribution >= 0.6 is 0 Å². The molecule has 0 unspecified atom stereocenters. The van der Waals surface area contributed by atoms with Gasteiger partial charge in [-0.3, -0.25) is 0 Å². The molecular weight excluding hydrogens is 376 g/mol. The van der Waals surface area contributed by atoms with Crippen molar-refractivity contribution in [3.8, 4) is 0 Å². The minimum atomic E-state index is -3.53. The van der Waals surface area contributed by atoms with Crippen LogP contribution < -0.4 is 0 Å². The first-order chi connectivity index (χ1) is 3.12. The second-order valence-electron chi connectivity index (χ2n) is 1.15. The van der Waals surface area contributed by atoms with E-state index in [-0.39, 0.29) is 0 Å². The molecule has 0 rings (SSSR count). The van der Waals surface area contributed by atoms with Crippen LogP contribution in [-0.4, -0.2) is 24.3 Å². The molecule has 0 aliphatic carbocycles. The third-order valence-corrected chi connectivity index (χ3v) is 0.427. The van der Waals surface area contributed by atoms with Crippen molar-refractivity contribution >= 4 is 0 Å². The van der Waals surface area contributed by atoms with E-state index in [1.54, 1.807) is 0 Å². The van der Waals surface area contributed by atoms with E-state index >= 15 is 0 Å². The Balaban J connectivity index is 0. The van der Waals surface area contributed by atoms with Crippen LogP contribution in [0, 0.1) is 0 Å². The molecule has 0 spiro atoms. The van der Waals surface area contributed by atoms with Crippen molar-refractivity contribution in [1.82, 2.24) is 0 Å². The molecule has 8 heavy (non-hydrogen) atoms. The van der Waals surface area contributed by atoms with E-state index in [0.29, 0.717) is 0 Å². The molecule has 0 aliphatic rings. The first-order valence-corrected chi connectivity index (χ1v) is 1.67. The fourth-order valence-corrected chi connectivity index (χ4v) is 0.0423. The molecule has 0 aromatic heterocycles. The summed E-state index contributed by atoms with van der Waals surface area (Å²) in [5.41, 5.74) is 0. The molecule has 0 heterocycles. The second kappa shape index (κ2) is 2.85. The molecule has 0 aromatic carbocycles. The summed E-state index contributed by atoms with van der Waals surface area (Å²) < 4.78 is 33.4. The van der Waals surface area contributed by atoms with Crippen LogP contribution in [0.25, 0.3) is 0 Å². The summed E-state index contributed by atoms with van der Waals surface area (Å²) in [5.74, 6) is -3.53. The number of alkyl halides is 3. The molecule has 1 nitrogen and oxygen atoms in total. The van der Waals surface area contributed by atoms with Crippen molar-refractivity contribution in [2.45, 2.75) is 5.92 Å². The predicted molar refractivity (Wildman–Crippen MR) is 18.0 cm³/mol. The van der Waals surface area contributed by atoms with Crippen LogP contribution in [0.4, 0.5) is 13.2 Å². The van der Waals surface area contributed by atoms with Crippen molar-refractivity contribution in [2.75, 3.05) is 13.3 Å². The molecular formula is C3H5F3ORf. The maximum atomic E-state index is 11.3. The zero-order chi connectivity index (χ0) is 5.91. The van der Waals surface area contributed by atoms with E-state index < -0.39 is 19.2 Å². The van der Waals surface area contributed by atoms with Crippen LogP contribution in [0.5, 0.6) is 0 Å². The summed E-state index contributed by atoms with van der Waals surface area (Å²) in [6, 6.07) is 0. The number of aliphatic hydroxyl groups excluding tert-OH is 1. The maximum absolute atomic E-state index is 11.3. The van der Waals surface area contributed by atoms with Gasteiger partial charge in [-0.1, -0.05) is 0 Å². The summed E-state index contributed by atoms with van der Waals surface area (Å²) in [6.45, 7) is -3.20. The second-order valence-corrected chi connectivity index (χ2v) is 1.15. The molecule has 0 radical (unpaired) electrons. The van der Waals surface area contributed by atoms with Gasteiger partial charge in [0.05, 0.1) is 0 Å². The Kier molecular flexibility index (Phi) is 3.52. The molecule has 0 saturated carbocycles. The Hall–Kier alpha value is -1.25. The van der Waals surface area contributed by atoms with Crippen molar-refractivity contribution in [3.05, 3.63) is 0 Å². The van der Waals surface area contributed by atoms with Crippen LogP contribution in [0.2, 0.25) is 0 Å². The molecule has 0 fully saturated rings. The van der Waals surface area contributed by atoms with E-state index in [1.807, 2.05) is 0 Å². The van der Waals surface area contributed by atoms with Crippen LogP contribution in [0.1, 0.15) is 0 Å². The van der Waals surface area contributed by atoms with Crippen LogP contribution in [-0.2, 0) is 0 Å². The molecule has 0 bridgehead atoms. The fraction of sp³-hybridized carbons (Fsp3) is 1.00. The number of aliphatic hydroxyl groups is 1. The standard InChI is InChI=1S/C3H5F3O.Rf/c4-1-3(5,6)2-7;/h7H,1-2H2;. The van der Waals surface area contributed by atoms with Gasteiger partial charge in [-0.25, -0.2) is 13.2 Å². The zero-order valence-electron chi connectivity index (χ0n) is 4.20. The minimum absolute atomic E-state index is 0. The predicted octanol–water partition coefficient (Wildman–Crippen LogP) is 0.584. The molecule has 5 heteroatoms. The SMILES string of the molecule is OCC(F)(F)CF.[Rf]. The average molecular weight is 381 g/mol. The van der Waals surface area contributed by atoms with Gasteiger partial charge in [0.2, 0.25) is 0 Å². The maximum Gasteiger partial charge on any atom is 0.298 e. The summed E-state index contributed by atoms with van der Waals surface area (Å²) in [4.78, 5) is 0. The van der Waals surface area contributed by atoms with Gasteiger partial charge < -0.3 is 5.11 Å². The Morgan fingerprint density at radius 2 is 1.75 bits per heavy atom. The topological polar surface area (TPSA) is 20.2 Å². The number of hydrogen-bond donors (Lipinski definition) is 1. The first kappa shape index (κ1) is 9.89. The Morgan fingerprint density at radius 3 is 1.75 bits per heavy atom. The van der Waals surface area contributed by atoms with E-state index in [2.05, 4.69) is 0 Å². The largest absolute Gasteiger partial charge is 0.390 e. The molecule has 46 valence electrons. The Bertz CT molecular complexity index is 52.5. The summed E-state index contributed by atoms with van der Waals surface area (Å²) in [7, 11) is 0. The van der Waals surface area contributed by atoms with Crippen LogP contribution in [0.3, 0.4) is 0 Å². The van der Waals surface area contributed by atoms with Gasteiger partial charge in [0.25, 0.3) is 5.92 Å². The quantitative estimate of drug-likeness (QED) is 0.743. The fourth-order valence-electron chi connectivity index (χ4n) is 0.0423. The molecule has 0 amide bonds. The average Bonchev–Trinajstić information content (AvgIpc) is 1.68. The summed E-state index contributed by atoms with van der Waals surface area (Å²) in [6.07, 6.45) is 0. The van der Waals surface area contributed by atoms with Crippen molar-refractivity contribution < 1.29 is 18.3 Å².